The highest BCUT2D eigenvalue weighted by Crippen LogP contribution is 2.27. The van der Waals surface area contributed by atoms with Gasteiger partial charge in [-0.25, -0.2) is 8.42 Å². The third-order valence-corrected chi connectivity index (χ3v) is 9.48. The van der Waals surface area contributed by atoms with Crippen LogP contribution in [-0.4, -0.2) is 43.8 Å². The molecule has 41 heavy (non-hydrogen) atoms. The Morgan fingerprint density at radius 3 is 2.07 bits per heavy atom. The van der Waals surface area contributed by atoms with Crippen molar-refractivity contribution in [2.45, 2.75) is 83.3 Å². The summed E-state index contributed by atoms with van der Waals surface area (Å²) in [5.41, 5.74) is 4.14. The van der Waals surface area contributed by atoms with Crippen LogP contribution in [0.15, 0.2) is 77.7 Å². The summed E-state index contributed by atoms with van der Waals surface area (Å²) in [5, 5.41) is 3.14. The molecule has 1 unspecified atom stereocenters. The standard InChI is InChI=1S/C33H41N3O4S/c1-24-15-17-28(18-16-24)22-35(27(4)33(38)34-29-11-7-5-8-12-29)32(37)23-36(30-20-25(2)19-26(3)21-30)41(39,40)31-13-9-6-10-14-31/h6,9-10,13-21,27,29H,5,7-8,11-12,22-23H2,1-4H3,(H,34,38). The molecule has 0 bridgehead atoms. The fourth-order valence-electron chi connectivity index (χ4n) is 5.38. The van der Waals surface area contributed by atoms with E-state index in [9.17, 15) is 18.0 Å². The highest BCUT2D eigenvalue weighted by molar-refractivity contribution is 7.92. The van der Waals surface area contributed by atoms with Gasteiger partial charge in [-0.05, 0) is 81.5 Å². The largest absolute Gasteiger partial charge is 0.352 e. The molecule has 3 aromatic carbocycles. The van der Waals surface area contributed by atoms with Crippen molar-refractivity contribution in [2.75, 3.05) is 10.8 Å². The number of hydrogen-bond acceptors (Lipinski definition) is 4. The van der Waals surface area contributed by atoms with Gasteiger partial charge in [0.25, 0.3) is 10.0 Å². The summed E-state index contributed by atoms with van der Waals surface area (Å²) in [7, 11) is -4.08. The maximum atomic E-state index is 14.1. The smallest absolute Gasteiger partial charge is 0.264 e. The molecule has 7 nitrogen and oxygen atoms in total. The van der Waals surface area contributed by atoms with Crippen molar-refractivity contribution < 1.29 is 18.0 Å². The number of aryl methyl sites for hydroxylation is 3. The lowest BCUT2D eigenvalue weighted by Gasteiger charge is -2.33. The van der Waals surface area contributed by atoms with Crippen LogP contribution in [0.4, 0.5) is 5.69 Å². The van der Waals surface area contributed by atoms with Gasteiger partial charge in [0.05, 0.1) is 10.6 Å². The third kappa shape index (κ3) is 7.76. The van der Waals surface area contributed by atoms with Gasteiger partial charge in [0.1, 0.15) is 12.6 Å². The summed E-state index contributed by atoms with van der Waals surface area (Å²) in [5.74, 6) is -0.670. The molecule has 2 amide bonds. The predicted molar refractivity (Wildman–Crippen MR) is 163 cm³/mol. The van der Waals surface area contributed by atoms with E-state index in [4.69, 9.17) is 0 Å². The molecule has 218 valence electrons. The zero-order chi connectivity index (χ0) is 29.6. The van der Waals surface area contributed by atoms with E-state index in [0.29, 0.717) is 5.69 Å². The molecule has 1 aliphatic rings. The van der Waals surface area contributed by atoms with Gasteiger partial charge in [0, 0.05) is 12.6 Å². The van der Waals surface area contributed by atoms with Crippen LogP contribution in [0, 0.1) is 20.8 Å². The molecule has 8 heteroatoms. The number of nitrogens with zero attached hydrogens (tertiary/aromatic N) is 2. The molecule has 1 N–H and O–H groups in total. The van der Waals surface area contributed by atoms with Crippen LogP contribution in [0.3, 0.4) is 0 Å². The highest BCUT2D eigenvalue weighted by atomic mass is 32.2. The molecule has 1 saturated carbocycles. The van der Waals surface area contributed by atoms with Crippen molar-refractivity contribution in [3.8, 4) is 0 Å². The molecule has 0 saturated heterocycles. The zero-order valence-corrected chi connectivity index (χ0v) is 25.3. The Bertz CT molecular complexity index is 1430. The van der Waals surface area contributed by atoms with Gasteiger partial charge in [0.2, 0.25) is 11.8 Å². The maximum Gasteiger partial charge on any atom is 0.264 e. The van der Waals surface area contributed by atoms with Crippen molar-refractivity contribution >= 4 is 27.5 Å². The van der Waals surface area contributed by atoms with Gasteiger partial charge in [-0.15, -0.1) is 0 Å². The van der Waals surface area contributed by atoms with Crippen LogP contribution in [-0.2, 0) is 26.2 Å². The van der Waals surface area contributed by atoms with E-state index >= 15 is 0 Å². The van der Waals surface area contributed by atoms with Crippen LogP contribution < -0.4 is 9.62 Å². The molecule has 0 heterocycles. The maximum absolute atomic E-state index is 14.1. The summed E-state index contributed by atoms with van der Waals surface area (Å²) in [4.78, 5) is 29.1. The first-order valence-corrected chi connectivity index (χ1v) is 15.8. The van der Waals surface area contributed by atoms with Crippen LogP contribution in [0.25, 0.3) is 0 Å². The molecule has 4 rings (SSSR count). The van der Waals surface area contributed by atoms with E-state index in [-0.39, 0.29) is 23.4 Å². The van der Waals surface area contributed by atoms with Crippen LogP contribution >= 0.6 is 0 Å². The first-order chi connectivity index (χ1) is 19.5. The number of benzene rings is 3. The first-order valence-electron chi connectivity index (χ1n) is 14.4. The number of hydrogen-bond donors (Lipinski definition) is 1. The Balaban J connectivity index is 1.68. The van der Waals surface area contributed by atoms with Gasteiger partial charge < -0.3 is 10.2 Å². The SMILES string of the molecule is Cc1ccc(CN(C(=O)CN(c2cc(C)cc(C)c2)S(=O)(=O)c2ccccc2)C(C)C(=O)NC2CCCCC2)cc1. The fraction of sp³-hybridized carbons (Fsp3) is 0.394. The van der Waals surface area contributed by atoms with E-state index in [1.54, 1.807) is 37.3 Å². The quantitative estimate of drug-likeness (QED) is 0.337. The minimum atomic E-state index is -4.08. The molecule has 0 aromatic heterocycles. The van der Waals surface area contributed by atoms with E-state index in [1.165, 1.54) is 27.8 Å². The molecule has 0 radical (unpaired) electrons. The average Bonchev–Trinajstić information content (AvgIpc) is 2.95. The minimum absolute atomic E-state index is 0.0973. The Kier molecular flexibility index (Phi) is 9.86. The minimum Gasteiger partial charge on any atom is -0.352 e. The molecule has 3 aromatic rings. The van der Waals surface area contributed by atoms with Crippen molar-refractivity contribution in [3.05, 3.63) is 95.1 Å². The lowest BCUT2D eigenvalue weighted by atomic mass is 9.95. The number of carbonyl (C=O) groups excluding carboxylic acids is 2. The molecular weight excluding hydrogens is 534 g/mol. The Morgan fingerprint density at radius 1 is 0.854 bits per heavy atom. The summed E-state index contributed by atoms with van der Waals surface area (Å²) < 4.78 is 29.1. The fourth-order valence-corrected chi connectivity index (χ4v) is 6.80. The van der Waals surface area contributed by atoms with Crippen molar-refractivity contribution in [1.29, 1.82) is 0 Å². The van der Waals surface area contributed by atoms with E-state index in [1.807, 2.05) is 51.1 Å². The Labute approximate surface area is 244 Å². The van der Waals surface area contributed by atoms with Gasteiger partial charge in [0.15, 0.2) is 0 Å². The highest BCUT2D eigenvalue weighted by Gasteiger charge is 2.33. The number of amides is 2. The molecule has 0 spiro atoms. The number of carbonyl (C=O) groups is 2. The van der Waals surface area contributed by atoms with Gasteiger partial charge in [-0.2, -0.15) is 0 Å². The second-order valence-electron chi connectivity index (χ2n) is 11.2. The Hall–Kier alpha value is -3.65. The number of anilines is 1. The second kappa shape index (κ2) is 13.3. The van der Waals surface area contributed by atoms with Crippen LogP contribution in [0.1, 0.15) is 61.3 Å². The summed E-state index contributed by atoms with van der Waals surface area (Å²) in [6.45, 7) is 7.25. The topological polar surface area (TPSA) is 86.8 Å². The lowest BCUT2D eigenvalue weighted by Crippen LogP contribution is -2.53. The van der Waals surface area contributed by atoms with Crippen LogP contribution in [0.5, 0.6) is 0 Å². The second-order valence-corrected chi connectivity index (χ2v) is 13.1. The summed E-state index contributed by atoms with van der Waals surface area (Å²) in [6, 6.07) is 20.7. The first kappa shape index (κ1) is 30.3. The molecular formula is C33H41N3O4S. The van der Waals surface area contributed by atoms with Crippen molar-refractivity contribution in [3.63, 3.8) is 0 Å². The number of nitrogens with one attached hydrogen (secondary N) is 1. The predicted octanol–water partition coefficient (Wildman–Crippen LogP) is 5.67. The third-order valence-electron chi connectivity index (χ3n) is 7.70. The number of sulfonamides is 1. The van der Waals surface area contributed by atoms with Crippen molar-refractivity contribution in [2.24, 2.45) is 0 Å². The van der Waals surface area contributed by atoms with Crippen molar-refractivity contribution in [1.82, 2.24) is 10.2 Å². The van der Waals surface area contributed by atoms with Gasteiger partial charge in [-0.1, -0.05) is 73.4 Å². The zero-order valence-electron chi connectivity index (χ0n) is 24.5. The van der Waals surface area contributed by atoms with Crippen LogP contribution in [0.2, 0.25) is 0 Å². The van der Waals surface area contributed by atoms with Gasteiger partial charge in [-0.3, -0.25) is 13.9 Å². The summed E-state index contributed by atoms with van der Waals surface area (Å²) >= 11 is 0. The molecule has 1 fully saturated rings. The monoisotopic (exact) mass is 575 g/mol. The van der Waals surface area contributed by atoms with E-state index in [2.05, 4.69) is 5.32 Å². The lowest BCUT2D eigenvalue weighted by molar-refractivity contribution is -0.139. The molecule has 1 aliphatic carbocycles. The normalized spacial score (nSPS) is 14.7. The Morgan fingerprint density at radius 2 is 1.46 bits per heavy atom. The van der Waals surface area contributed by atoms with E-state index < -0.39 is 28.5 Å². The van der Waals surface area contributed by atoms with E-state index in [0.717, 1.165) is 47.9 Å². The molecule has 0 aliphatic heterocycles. The summed E-state index contributed by atoms with van der Waals surface area (Å²) in [6.07, 6.45) is 5.19. The average molecular weight is 576 g/mol. The molecule has 1 atom stereocenters. The van der Waals surface area contributed by atoms with Gasteiger partial charge >= 0.3 is 0 Å². The number of rotatable bonds is 10.